The zero-order chi connectivity index (χ0) is 54.3. The third kappa shape index (κ3) is 61.8. The first-order chi connectivity index (χ1) is 37.0. The van der Waals surface area contributed by atoms with E-state index in [0.717, 1.165) is 89.9 Å². The van der Waals surface area contributed by atoms with Gasteiger partial charge < -0.3 is 14.2 Å². The second kappa shape index (κ2) is 63.6. The molecule has 0 aromatic rings. The number of rotatable bonds is 60. The van der Waals surface area contributed by atoms with Crippen molar-refractivity contribution in [1.29, 1.82) is 0 Å². The average Bonchev–Trinajstić information content (AvgIpc) is 3.41. The maximum atomic E-state index is 12.8. The molecule has 0 heterocycles. The summed E-state index contributed by atoms with van der Waals surface area (Å²) < 4.78 is 16.8. The average molecular weight is 1050 g/mol. The van der Waals surface area contributed by atoms with Crippen LogP contribution in [0.4, 0.5) is 0 Å². The van der Waals surface area contributed by atoms with Gasteiger partial charge in [0.05, 0.1) is 0 Å². The highest BCUT2D eigenvalue weighted by Crippen LogP contribution is 2.17. The first-order valence-corrected chi connectivity index (χ1v) is 32.8. The van der Waals surface area contributed by atoms with Gasteiger partial charge in [-0.25, -0.2) is 0 Å². The highest BCUT2D eigenvalue weighted by Gasteiger charge is 2.19. The molecule has 436 valence electrons. The monoisotopic (exact) mass is 1050 g/mol. The van der Waals surface area contributed by atoms with Gasteiger partial charge in [-0.05, 0) is 83.5 Å². The summed E-state index contributed by atoms with van der Waals surface area (Å²) in [5.41, 5.74) is 0. The Hall–Kier alpha value is -2.89. The molecule has 0 radical (unpaired) electrons. The van der Waals surface area contributed by atoms with E-state index >= 15 is 0 Å². The van der Waals surface area contributed by atoms with Crippen molar-refractivity contribution in [3.05, 3.63) is 60.8 Å². The Morgan fingerprint density at radius 2 is 0.520 bits per heavy atom. The largest absolute Gasteiger partial charge is 0.462 e. The van der Waals surface area contributed by atoms with Crippen molar-refractivity contribution in [2.45, 2.75) is 348 Å². The van der Waals surface area contributed by atoms with E-state index in [4.69, 9.17) is 14.2 Å². The molecule has 0 N–H and O–H groups in total. The zero-order valence-electron chi connectivity index (χ0n) is 50.1. The molecule has 75 heavy (non-hydrogen) atoms. The second-order valence-corrected chi connectivity index (χ2v) is 22.0. The Labute approximate surface area is 466 Å². The molecule has 0 spiro atoms. The molecule has 0 fully saturated rings. The fourth-order valence-electron chi connectivity index (χ4n) is 9.61. The molecule has 0 saturated carbocycles. The SMILES string of the molecule is CC/C=C\C/C=C\C/C=C\C/C=C\CCCCCCCCCCCCCCCCCCCCCCCCC(=O)OCC(COC(=O)CCCCCCCCCC)OC(=O)CCCCCCC/C=C\CCCCCCC. The lowest BCUT2D eigenvalue weighted by molar-refractivity contribution is -0.167. The minimum atomic E-state index is -0.772. The molecule has 6 nitrogen and oxygen atoms in total. The summed E-state index contributed by atoms with van der Waals surface area (Å²) in [4.78, 5) is 38.0. The summed E-state index contributed by atoms with van der Waals surface area (Å²) in [6, 6.07) is 0. The van der Waals surface area contributed by atoms with Crippen LogP contribution in [-0.4, -0.2) is 37.2 Å². The Kier molecular flexibility index (Phi) is 61.2. The maximum absolute atomic E-state index is 12.8. The number of carbonyl (C=O) groups excluding carboxylic acids is 3. The van der Waals surface area contributed by atoms with Crippen molar-refractivity contribution >= 4 is 17.9 Å². The molecule has 0 aromatic carbocycles. The Morgan fingerprint density at radius 1 is 0.280 bits per heavy atom. The number of ether oxygens (including phenoxy) is 3. The Morgan fingerprint density at radius 3 is 0.827 bits per heavy atom. The first kappa shape index (κ1) is 72.1. The predicted molar refractivity (Wildman–Crippen MR) is 325 cm³/mol. The molecular formula is C69H124O6. The van der Waals surface area contributed by atoms with E-state index in [1.165, 1.54) is 212 Å². The van der Waals surface area contributed by atoms with E-state index in [1.807, 2.05) is 0 Å². The van der Waals surface area contributed by atoms with Gasteiger partial charge in [0, 0.05) is 19.3 Å². The van der Waals surface area contributed by atoms with Crippen molar-refractivity contribution in [2.24, 2.45) is 0 Å². The van der Waals surface area contributed by atoms with Gasteiger partial charge in [0.2, 0.25) is 0 Å². The van der Waals surface area contributed by atoms with Gasteiger partial charge in [0.1, 0.15) is 13.2 Å². The molecule has 1 unspecified atom stereocenters. The Bertz CT molecular complexity index is 1340. The summed E-state index contributed by atoms with van der Waals surface area (Å²) in [6.45, 7) is 6.52. The van der Waals surface area contributed by atoms with Gasteiger partial charge in [0.25, 0.3) is 0 Å². The molecule has 0 rings (SSSR count). The predicted octanol–water partition coefficient (Wildman–Crippen LogP) is 22.3. The van der Waals surface area contributed by atoms with Crippen LogP contribution in [0.5, 0.6) is 0 Å². The molecule has 6 heteroatoms. The molecular weight excluding hydrogens is 925 g/mol. The van der Waals surface area contributed by atoms with E-state index in [1.54, 1.807) is 0 Å². The lowest BCUT2D eigenvalue weighted by atomic mass is 10.0. The standard InChI is InChI=1S/C69H124O6/c1-4-7-10-13-16-19-21-23-25-26-27-28-29-30-31-32-33-34-35-36-37-38-39-40-41-42-43-44-45-47-48-50-53-56-59-62-68(71)74-65-66(64-73-67(70)61-58-55-52-18-15-12-9-6-3)75-69(72)63-60-57-54-51-49-46-24-22-20-17-14-11-8-5-2/h7,10,16,19,22-25,27-28,66H,4-6,8-9,11-15,17-18,20-21,26,29-65H2,1-3H3/b10-7-,19-16-,24-22-,25-23-,28-27-. The van der Waals surface area contributed by atoms with Gasteiger partial charge in [0.15, 0.2) is 6.10 Å². The normalized spacial score (nSPS) is 12.4. The molecule has 0 amide bonds. The fourth-order valence-corrected chi connectivity index (χ4v) is 9.61. The van der Waals surface area contributed by atoms with Crippen molar-refractivity contribution in [3.8, 4) is 0 Å². The minimum absolute atomic E-state index is 0.0717. The molecule has 0 aliphatic rings. The summed E-state index contributed by atoms with van der Waals surface area (Å²) in [7, 11) is 0. The summed E-state index contributed by atoms with van der Waals surface area (Å²) in [5.74, 6) is -0.867. The van der Waals surface area contributed by atoms with E-state index in [-0.39, 0.29) is 31.1 Å². The smallest absolute Gasteiger partial charge is 0.306 e. The summed E-state index contributed by atoms with van der Waals surface area (Å²) in [6.07, 6.45) is 81.3. The van der Waals surface area contributed by atoms with Gasteiger partial charge in [-0.1, -0.05) is 300 Å². The second-order valence-electron chi connectivity index (χ2n) is 22.0. The highest BCUT2D eigenvalue weighted by molar-refractivity contribution is 5.71. The number of esters is 3. The van der Waals surface area contributed by atoms with Crippen molar-refractivity contribution in [3.63, 3.8) is 0 Å². The van der Waals surface area contributed by atoms with Gasteiger partial charge >= 0.3 is 17.9 Å². The lowest BCUT2D eigenvalue weighted by Crippen LogP contribution is -2.30. The van der Waals surface area contributed by atoms with E-state index < -0.39 is 6.10 Å². The number of carbonyl (C=O) groups is 3. The van der Waals surface area contributed by atoms with Crippen LogP contribution in [0, 0.1) is 0 Å². The summed E-state index contributed by atoms with van der Waals surface area (Å²) >= 11 is 0. The lowest BCUT2D eigenvalue weighted by Gasteiger charge is -2.18. The third-order valence-corrected chi connectivity index (χ3v) is 14.5. The zero-order valence-corrected chi connectivity index (χ0v) is 50.1. The number of hydrogen-bond acceptors (Lipinski definition) is 6. The molecule has 1 atom stereocenters. The van der Waals surface area contributed by atoms with Crippen LogP contribution in [0.15, 0.2) is 60.8 Å². The van der Waals surface area contributed by atoms with Gasteiger partial charge in [-0.15, -0.1) is 0 Å². The Balaban J connectivity index is 3.95. The van der Waals surface area contributed by atoms with E-state index in [9.17, 15) is 14.4 Å². The van der Waals surface area contributed by atoms with Crippen LogP contribution in [0.25, 0.3) is 0 Å². The van der Waals surface area contributed by atoms with Crippen LogP contribution in [0.3, 0.4) is 0 Å². The van der Waals surface area contributed by atoms with E-state index in [2.05, 4.69) is 81.5 Å². The van der Waals surface area contributed by atoms with Crippen LogP contribution in [0.1, 0.15) is 342 Å². The molecule has 0 bridgehead atoms. The maximum Gasteiger partial charge on any atom is 0.306 e. The van der Waals surface area contributed by atoms with Crippen molar-refractivity contribution in [1.82, 2.24) is 0 Å². The number of unbranched alkanes of at least 4 members (excludes halogenated alkanes) is 39. The highest BCUT2D eigenvalue weighted by atomic mass is 16.6. The van der Waals surface area contributed by atoms with Crippen molar-refractivity contribution in [2.75, 3.05) is 13.2 Å². The third-order valence-electron chi connectivity index (χ3n) is 14.5. The number of allylic oxidation sites excluding steroid dienone is 10. The van der Waals surface area contributed by atoms with Crippen LogP contribution >= 0.6 is 0 Å². The molecule has 0 aromatic heterocycles. The minimum Gasteiger partial charge on any atom is -0.462 e. The molecule has 0 saturated heterocycles. The van der Waals surface area contributed by atoms with Gasteiger partial charge in [-0.2, -0.15) is 0 Å². The fraction of sp³-hybridized carbons (Fsp3) is 0.812. The topological polar surface area (TPSA) is 78.9 Å². The number of hydrogen-bond donors (Lipinski definition) is 0. The van der Waals surface area contributed by atoms with Crippen LogP contribution in [-0.2, 0) is 28.6 Å². The van der Waals surface area contributed by atoms with Crippen LogP contribution in [0.2, 0.25) is 0 Å². The van der Waals surface area contributed by atoms with E-state index in [0.29, 0.717) is 19.3 Å². The molecule has 0 aliphatic carbocycles. The quantitative estimate of drug-likeness (QED) is 0.0261. The van der Waals surface area contributed by atoms with Crippen molar-refractivity contribution < 1.29 is 28.6 Å². The first-order valence-electron chi connectivity index (χ1n) is 32.8. The van der Waals surface area contributed by atoms with Crippen LogP contribution < -0.4 is 0 Å². The summed E-state index contributed by atoms with van der Waals surface area (Å²) in [5, 5.41) is 0. The van der Waals surface area contributed by atoms with Gasteiger partial charge in [-0.3, -0.25) is 14.4 Å². The molecule has 0 aliphatic heterocycles.